The van der Waals surface area contributed by atoms with Crippen molar-refractivity contribution in [3.63, 3.8) is 0 Å². The molecule has 2 rings (SSSR count). The molecule has 1 heterocycles. The van der Waals surface area contributed by atoms with Crippen LogP contribution in [0, 0.1) is 13.8 Å². The molecule has 2 aromatic rings. The molecule has 1 N–H and O–H groups in total. The minimum absolute atomic E-state index is 0.0340. The first-order valence-electron chi connectivity index (χ1n) is 6.98. The molecule has 1 aromatic heterocycles. The number of anilines is 1. The van der Waals surface area contributed by atoms with E-state index < -0.39 is 0 Å². The topological polar surface area (TPSA) is 64.0 Å². The lowest BCUT2D eigenvalue weighted by Gasteiger charge is -2.03. The van der Waals surface area contributed by atoms with E-state index in [-0.39, 0.29) is 11.7 Å². The van der Waals surface area contributed by atoms with Crippen molar-refractivity contribution in [3.05, 3.63) is 52.9 Å². The maximum absolute atomic E-state index is 12.0. The third-order valence-corrected chi connectivity index (χ3v) is 3.50. The fourth-order valence-electron chi connectivity index (χ4n) is 2.19. The van der Waals surface area contributed by atoms with Crippen LogP contribution < -0.4 is 5.32 Å². The number of hydrogen-bond acceptors (Lipinski definition) is 3. The predicted molar refractivity (Wildman–Crippen MR) is 86.8 cm³/mol. The number of amides is 1. The van der Waals surface area contributed by atoms with E-state index in [9.17, 15) is 9.59 Å². The van der Waals surface area contributed by atoms with E-state index in [0.717, 1.165) is 17.0 Å². The van der Waals surface area contributed by atoms with Gasteiger partial charge in [-0.15, -0.1) is 0 Å². The van der Waals surface area contributed by atoms with Gasteiger partial charge in [0.1, 0.15) is 0 Å². The van der Waals surface area contributed by atoms with Crippen LogP contribution in [-0.2, 0) is 11.8 Å². The third kappa shape index (κ3) is 3.49. The zero-order chi connectivity index (χ0) is 16.3. The average molecular weight is 297 g/mol. The largest absolute Gasteiger partial charge is 0.322 e. The first-order valence-corrected chi connectivity index (χ1v) is 6.98. The summed E-state index contributed by atoms with van der Waals surface area (Å²) < 4.78 is 1.78. The second-order valence-electron chi connectivity index (χ2n) is 5.17. The summed E-state index contributed by atoms with van der Waals surface area (Å²) in [4.78, 5) is 23.3. The molecule has 0 saturated carbocycles. The molecule has 0 aliphatic carbocycles. The van der Waals surface area contributed by atoms with Crippen LogP contribution in [0.2, 0.25) is 0 Å². The van der Waals surface area contributed by atoms with Gasteiger partial charge in [0.2, 0.25) is 5.91 Å². The Morgan fingerprint density at radius 1 is 1.27 bits per heavy atom. The van der Waals surface area contributed by atoms with Gasteiger partial charge in [0, 0.05) is 35.6 Å². The number of rotatable bonds is 4. The summed E-state index contributed by atoms with van der Waals surface area (Å²) in [6, 6.07) is 6.87. The van der Waals surface area contributed by atoms with E-state index in [0.29, 0.717) is 11.3 Å². The first kappa shape index (κ1) is 15.7. The highest BCUT2D eigenvalue weighted by Crippen LogP contribution is 2.14. The number of nitrogens with zero attached hydrogens (tertiary/aromatic N) is 2. The molecular weight excluding hydrogens is 278 g/mol. The lowest BCUT2D eigenvalue weighted by Crippen LogP contribution is -2.08. The Labute approximate surface area is 129 Å². The van der Waals surface area contributed by atoms with Crippen molar-refractivity contribution in [2.75, 3.05) is 5.32 Å². The van der Waals surface area contributed by atoms with Crippen molar-refractivity contribution in [2.24, 2.45) is 7.05 Å². The summed E-state index contributed by atoms with van der Waals surface area (Å²) >= 11 is 0. The van der Waals surface area contributed by atoms with Crippen molar-refractivity contribution in [2.45, 2.75) is 20.8 Å². The predicted octanol–water partition coefficient (Wildman–Crippen LogP) is 2.89. The van der Waals surface area contributed by atoms with Gasteiger partial charge in [-0.1, -0.05) is 12.1 Å². The molecule has 0 fully saturated rings. The summed E-state index contributed by atoms with van der Waals surface area (Å²) in [6.07, 6.45) is 3.22. The Hall–Kier alpha value is -2.69. The lowest BCUT2D eigenvalue weighted by molar-refractivity contribution is -0.111. The van der Waals surface area contributed by atoms with Crippen molar-refractivity contribution in [1.29, 1.82) is 0 Å². The summed E-state index contributed by atoms with van der Waals surface area (Å²) in [5.41, 5.74) is 3.99. The quantitative estimate of drug-likeness (QED) is 0.697. The molecule has 22 heavy (non-hydrogen) atoms. The molecule has 0 radical (unpaired) electrons. The summed E-state index contributed by atoms with van der Waals surface area (Å²) in [7, 11) is 1.87. The van der Waals surface area contributed by atoms with E-state index in [2.05, 4.69) is 10.4 Å². The lowest BCUT2D eigenvalue weighted by atomic mass is 10.1. The van der Waals surface area contributed by atoms with E-state index in [4.69, 9.17) is 0 Å². The molecule has 1 aromatic carbocycles. The number of aromatic nitrogens is 2. The van der Waals surface area contributed by atoms with E-state index in [1.54, 1.807) is 35.0 Å². The van der Waals surface area contributed by atoms with Gasteiger partial charge in [0.25, 0.3) is 0 Å². The molecule has 0 atom stereocenters. The Kier molecular flexibility index (Phi) is 4.56. The highest BCUT2D eigenvalue weighted by atomic mass is 16.1. The fourth-order valence-corrected chi connectivity index (χ4v) is 2.19. The average Bonchev–Trinajstić information content (AvgIpc) is 2.70. The normalized spacial score (nSPS) is 10.9. The molecule has 114 valence electrons. The minimum Gasteiger partial charge on any atom is -0.322 e. The molecule has 0 saturated heterocycles. The van der Waals surface area contributed by atoms with Crippen LogP contribution in [-0.4, -0.2) is 21.5 Å². The number of nitrogens with one attached hydrogen (secondary N) is 1. The Morgan fingerprint density at radius 2 is 2.00 bits per heavy atom. The Morgan fingerprint density at radius 3 is 2.59 bits per heavy atom. The van der Waals surface area contributed by atoms with E-state index in [1.807, 2.05) is 20.9 Å². The van der Waals surface area contributed by atoms with Crippen LogP contribution in [0.1, 0.15) is 34.2 Å². The van der Waals surface area contributed by atoms with Gasteiger partial charge in [0.05, 0.1) is 5.69 Å². The molecular formula is C17H19N3O2. The number of carbonyl (C=O) groups is 2. The van der Waals surface area contributed by atoms with Crippen molar-refractivity contribution in [1.82, 2.24) is 9.78 Å². The van der Waals surface area contributed by atoms with Crippen LogP contribution in [0.4, 0.5) is 5.69 Å². The van der Waals surface area contributed by atoms with Gasteiger partial charge in [-0.25, -0.2) is 0 Å². The van der Waals surface area contributed by atoms with Crippen molar-refractivity contribution >= 4 is 23.5 Å². The molecule has 0 bridgehead atoms. The zero-order valence-electron chi connectivity index (χ0n) is 13.2. The Bertz CT molecular complexity index is 757. The van der Waals surface area contributed by atoms with Crippen molar-refractivity contribution < 1.29 is 9.59 Å². The minimum atomic E-state index is -0.247. The van der Waals surface area contributed by atoms with Crippen LogP contribution in [0.3, 0.4) is 0 Å². The number of Topliss-reactive ketones (excluding diaryl/α,β-unsaturated/α-hetero) is 1. The molecule has 0 unspecified atom stereocenters. The zero-order valence-corrected chi connectivity index (χ0v) is 13.2. The smallest absolute Gasteiger partial charge is 0.248 e. The van der Waals surface area contributed by atoms with Gasteiger partial charge < -0.3 is 5.32 Å². The second-order valence-corrected chi connectivity index (χ2v) is 5.17. The number of carbonyl (C=O) groups excluding carboxylic acids is 2. The van der Waals surface area contributed by atoms with Gasteiger partial charge in [-0.3, -0.25) is 14.3 Å². The highest BCUT2D eigenvalue weighted by Gasteiger charge is 2.07. The third-order valence-electron chi connectivity index (χ3n) is 3.50. The monoisotopic (exact) mass is 297 g/mol. The van der Waals surface area contributed by atoms with Gasteiger partial charge >= 0.3 is 0 Å². The maximum Gasteiger partial charge on any atom is 0.248 e. The number of benzene rings is 1. The summed E-state index contributed by atoms with van der Waals surface area (Å²) in [6.45, 7) is 5.35. The standard InChI is InChI=1S/C17H19N3O2/c1-11-16(12(2)20(4)19-11)8-9-17(22)18-15-7-5-6-14(10-15)13(3)21/h5-10H,1-4H3,(H,18,22)/b9-8+. The van der Waals surface area contributed by atoms with Crippen LogP contribution in [0.5, 0.6) is 0 Å². The first-order chi connectivity index (χ1) is 10.4. The Balaban J connectivity index is 2.11. The fraction of sp³-hybridized carbons (Fsp3) is 0.235. The molecule has 0 aliphatic rings. The summed E-state index contributed by atoms with van der Waals surface area (Å²) in [5, 5.41) is 7.05. The highest BCUT2D eigenvalue weighted by molar-refractivity contribution is 6.03. The SMILES string of the molecule is CC(=O)c1cccc(NC(=O)/C=C/c2c(C)nn(C)c2C)c1. The van der Waals surface area contributed by atoms with Crippen LogP contribution in [0.25, 0.3) is 6.08 Å². The number of ketones is 1. The van der Waals surface area contributed by atoms with E-state index in [1.165, 1.54) is 13.0 Å². The number of aryl methyl sites for hydroxylation is 2. The van der Waals surface area contributed by atoms with E-state index >= 15 is 0 Å². The van der Waals surface area contributed by atoms with Crippen LogP contribution >= 0.6 is 0 Å². The molecule has 0 aliphatic heterocycles. The molecule has 5 nitrogen and oxygen atoms in total. The van der Waals surface area contributed by atoms with Crippen molar-refractivity contribution in [3.8, 4) is 0 Å². The van der Waals surface area contributed by atoms with Gasteiger partial charge in [-0.2, -0.15) is 5.10 Å². The van der Waals surface area contributed by atoms with Gasteiger partial charge in [0.15, 0.2) is 5.78 Å². The summed E-state index contributed by atoms with van der Waals surface area (Å²) in [5.74, 6) is -0.281. The molecule has 5 heteroatoms. The van der Waals surface area contributed by atoms with Gasteiger partial charge in [-0.05, 0) is 39.0 Å². The second kappa shape index (κ2) is 6.39. The van der Waals surface area contributed by atoms with Crippen LogP contribution in [0.15, 0.2) is 30.3 Å². The number of hydrogen-bond donors (Lipinski definition) is 1. The molecule has 1 amide bonds. The maximum atomic E-state index is 12.0. The molecule has 0 spiro atoms.